The molecule has 7 heteroatoms. The fourth-order valence-corrected chi connectivity index (χ4v) is 4.26. The van der Waals surface area contributed by atoms with Gasteiger partial charge in [0.15, 0.2) is 0 Å². The summed E-state index contributed by atoms with van der Waals surface area (Å²) in [5, 5.41) is 5.15. The summed E-state index contributed by atoms with van der Waals surface area (Å²) in [4.78, 5) is 5.87. The molecule has 0 amide bonds. The van der Waals surface area contributed by atoms with Gasteiger partial charge in [0.25, 0.3) is 0 Å². The number of rotatable bonds is 6. The maximum absolute atomic E-state index is 11.0. The van der Waals surface area contributed by atoms with Crippen LogP contribution < -0.4 is 4.72 Å². The van der Waals surface area contributed by atoms with E-state index in [0.29, 0.717) is 13.0 Å². The van der Waals surface area contributed by atoms with Gasteiger partial charge in [-0.3, -0.25) is 0 Å². The van der Waals surface area contributed by atoms with E-state index in [1.54, 1.807) is 22.7 Å². The van der Waals surface area contributed by atoms with Gasteiger partial charge in [0.2, 0.25) is 10.0 Å². The zero-order chi connectivity index (χ0) is 16.3. The first-order chi connectivity index (χ1) is 11.0. The summed E-state index contributed by atoms with van der Waals surface area (Å²) in [5.41, 5.74) is 3.14. The van der Waals surface area contributed by atoms with Gasteiger partial charge in [0, 0.05) is 17.5 Å². The van der Waals surface area contributed by atoms with Crippen molar-refractivity contribution < 1.29 is 8.42 Å². The number of nitrogens with zero attached hydrogens (tertiary/aromatic N) is 1. The summed E-state index contributed by atoms with van der Waals surface area (Å²) >= 11 is 3.34. The maximum atomic E-state index is 11.0. The molecule has 0 spiro atoms. The second kappa shape index (κ2) is 6.92. The van der Waals surface area contributed by atoms with Gasteiger partial charge in [-0.15, -0.1) is 22.7 Å². The third kappa shape index (κ3) is 4.48. The number of hydrogen-bond donors (Lipinski definition) is 1. The van der Waals surface area contributed by atoms with E-state index in [1.165, 1.54) is 11.1 Å². The van der Waals surface area contributed by atoms with E-state index < -0.39 is 10.0 Å². The zero-order valence-electron chi connectivity index (χ0n) is 12.5. The first-order valence-corrected chi connectivity index (χ1v) is 10.7. The van der Waals surface area contributed by atoms with Crippen LogP contribution in [0.5, 0.6) is 0 Å². The number of sulfonamides is 1. The summed E-state index contributed by atoms with van der Waals surface area (Å²) in [5.74, 6) is 0. The molecule has 3 aromatic rings. The van der Waals surface area contributed by atoms with Crippen molar-refractivity contribution in [1.29, 1.82) is 0 Å². The lowest BCUT2D eigenvalue weighted by Gasteiger charge is -2.04. The van der Waals surface area contributed by atoms with Crippen LogP contribution in [0.15, 0.2) is 47.2 Å². The molecule has 120 valence electrons. The highest BCUT2D eigenvalue weighted by Gasteiger charge is 2.07. The Morgan fingerprint density at radius 3 is 2.57 bits per heavy atom. The van der Waals surface area contributed by atoms with Crippen molar-refractivity contribution in [2.75, 3.05) is 12.8 Å². The predicted octanol–water partition coefficient (Wildman–Crippen LogP) is 3.63. The zero-order valence-corrected chi connectivity index (χ0v) is 15.0. The molecule has 4 nitrogen and oxygen atoms in total. The van der Waals surface area contributed by atoms with Crippen LogP contribution in [-0.4, -0.2) is 26.2 Å². The van der Waals surface area contributed by atoms with Crippen LogP contribution in [0.3, 0.4) is 0 Å². The number of hydrogen-bond acceptors (Lipinski definition) is 5. The van der Waals surface area contributed by atoms with Gasteiger partial charge in [-0.1, -0.05) is 30.3 Å². The Morgan fingerprint density at radius 1 is 1.13 bits per heavy atom. The lowest BCUT2D eigenvalue weighted by atomic mass is 10.1. The van der Waals surface area contributed by atoms with E-state index in [9.17, 15) is 8.42 Å². The number of thiophene rings is 1. The molecule has 0 aliphatic heterocycles. The Labute approximate surface area is 143 Å². The first kappa shape index (κ1) is 16.3. The number of aromatic nitrogens is 1. The molecule has 0 saturated carbocycles. The third-order valence-corrected chi connectivity index (χ3v) is 5.87. The molecule has 0 radical (unpaired) electrons. The molecule has 0 aliphatic carbocycles. The molecular weight excluding hydrogens is 348 g/mol. The normalized spacial score (nSPS) is 11.7. The topological polar surface area (TPSA) is 59.1 Å². The third-order valence-electron chi connectivity index (χ3n) is 3.26. The van der Waals surface area contributed by atoms with Gasteiger partial charge in [0.05, 0.1) is 16.8 Å². The van der Waals surface area contributed by atoms with E-state index in [1.807, 2.05) is 30.3 Å². The highest BCUT2D eigenvalue weighted by atomic mass is 32.2. The average molecular weight is 365 g/mol. The van der Waals surface area contributed by atoms with Gasteiger partial charge in [0.1, 0.15) is 5.01 Å². The van der Waals surface area contributed by atoms with E-state index in [2.05, 4.69) is 26.5 Å². The van der Waals surface area contributed by atoms with Crippen molar-refractivity contribution >= 4 is 32.7 Å². The lowest BCUT2D eigenvalue weighted by Crippen LogP contribution is -2.24. The van der Waals surface area contributed by atoms with Crippen LogP contribution in [0, 0.1) is 0 Å². The standard InChI is InChI=1S/C16H16N2O2S3/c1-23(19,20)17-9-8-12-4-6-13(7-5-12)14-11-22-16(18-14)15-3-2-10-21-15/h2-7,10-11,17H,8-9H2,1H3. The minimum atomic E-state index is -3.12. The molecule has 0 bridgehead atoms. The maximum Gasteiger partial charge on any atom is 0.208 e. The van der Waals surface area contributed by atoms with Crippen LogP contribution in [0.4, 0.5) is 0 Å². The highest BCUT2D eigenvalue weighted by molar-refractivity contribution is 7.88. The summed E-state index contributed by atoms with van der Waals surface area (Å²) in [6.45, 7) is 0.414. The Bertz CT molecular complexity index is 866. The largest absolute Gasteiger partial charge is 0.235 e. The molecule has 23 heavy (non-hydrogen) atoms. The highest BCUT2D eigenvalue weighted by Crippen LogP contribution is 2.31. The molecule has 2 aromatic heterocycles. The Morgan fingerprint density at radius 2 is 1.91 bits per heavy atom. The molecule has 3 rings (SSSR count). The van der Waals surface area contributed by atoms with Crippen LogP contribution >= 0.6 is 22.7 Å². The summed E-state index contributed by atoms with van der Waals surface area (Å²) in [7, 11) is -3.12. The second-order valence-corrected chi connectivity index (χ2v) is 8.77. The molecule has 2 heterocycles. The number of benzene rings is 1. The van der Waals surface area contributed by atoms with Crippen molar-refractivity contribution in [2.45, 2.75) is 6.42 Å². The number of thiazole rings is 1. The van der Waals surface area contributed by atoms with Crippen molar-refractivity contribution in [1.82, 2.24) is 9.71 Å². The van der Waals surface area contributed by atoms with Gasteiger partial charge >= 0.3 is 0 Å². The van der Waals surface area contributed by atoms with Gasteiger partial charge < -0.3 is 0 Å². The quantitative estimate of drug-likeness (QED) is 0.726. The van der Waals surface area contributed by atoms with Gasteiger partial charge in [-0.25, -0.2) is 18.1 Å². The second-order valence-electron chi connectivity index (χ2n) is 5.13. The molecule has 0 aliphatic rings. The smallest absolute Gasteiger partial charge is 0.208 e. The Balaban J connectivity index is 1.68. The Hall–Kier alpha value is -1.54. The first-order valence-electron chi connectivity index (χ1n) is 7.05. The van der Waals surface area contributed by atoms with Gasteiger partial charge in [-0.2, -0.15) is 0 Å². The molecule has 1 N–H and O–H groups in total. The fourth-order valence-electron chi connectivity index (χ4n) is 2.14. The van der Waals surface area contributed by atoms with Crippen molar-refractivity contribution in [3.63, 3.8) is 0 Å². The Kier molecular flexibility index (Phi) is 4.91. The van der Waals surface area contributed by atoms with Crippen molar-refractivity contribution in [3.05, 3.63) is 52.7 Å². The van der Waals surface area contributed by atoms with E-state index >= 15 is 0 Å². The molecule has 1 aromatic carbocycles. The molecule has 0 fully saturated rings. The van der Waals surface area contributed by atoms with Crippen LogP contribution in [0.1, 0.15) is 5.56 Å². The van der Waals surface area contributed by atoms with E-state index in [0.717, 1.165) is 21.8 Å². The fraction of sp³-hybridized carbons (Fsp3) is 0.188. The average Bonchev–Trinajstić information content (AvgIpc) is 3.18. The molecule has 0 atom stereocenters. The SMILES string of the molecule is CS(=O)(=O)NCCc1ccc(-c2csc(-c3cccs3)n2)cc1. The molecule has 0 unspecified atom stereocenters. The number of nitrogens with one attached hydrogen (secondary N) is 1. The minimum absolute atomic E-state index is 0.414. The van der Waals surface area contributed by atoms with E-state index in [4.69, 9.17) is 0 Å². The summed E-state index contributed by atoms with van der Waals surface area (Å²) < 4.78 is 24.6. The van der Waals surface area contributed by atoms with Gasteiger partial charge in [-0.05, 0) is 23.4 Å². The monoisotopic (exact) mass is 364 g/mol. The van der Waals surface area contributed by atoms with Crippen LogP contribution in [-0.2, 0) is 16.4 Å². The minimum Gasteiger partial charge on any atom is -0.235 e. The summed E-state index contributed by atoms with van der Waals surface area (Å²) in [6.07, 6.45) is 1.84. The predicted molar refractivity (Wildman–Crippen MR) is 97.4 cm³/mol. The molecular formula is C16H16N2O2S3. The lowest BCUT2D eigenvalue weighted by molar-refractivity contribution is 0.588. The van der Waals surface area contributed by atoms with Crippen LogP contribution in [0.2, 0.25) is 0 Å². The summed E-state index contributed by atoms with van der Waals surface area (Å²) in [6, 6.07) is 12.2. The van der Waals surface area contributed by atoms with Crippen molar-refractivity contribution in [2.24, 2.45) is 0 Å². The van der Waals surface area contributed by atoms with Crippen LogP contribution in [0.25, 0.3) is 21.1 Å². The van der Waals surface area contributed by atoms with Crippen molar-refractivity contribution in [3.8, 4) is 21.1 Å². The molecule has 0 saturated heterocycles. The van der Waals surface area contributed by atoms with E-state index in [-0.39, 0.29) is 0 Å².